The molecule has 7 atom stereocenters. The van der Waals surface area contributed by atoms with Gasteiger partial charge in [-0.15, -0.1) is 0 Å². The fourth-order valence-electron chi connectivity index (χ4n) is 5.29. The smallest absolute Gasteiger partial charge is 0.245 e. The summed E-state index contributed by atoms with van der Waals surface area (Å²) in [5.74, 6) is -6.52. The van der Waals surface area contributed by atoms with Gasteiger partial charge in [0.25, 0.3) is 0 Å². The minimum Gasteiger partial charge on any atom is -0.391 e. The molecule has 0 spiro atoms. The molecule has 0 saturated carbocycles. The van der Waals surface area contributed by atoms with Crippen LogP contribution in [0.5, 0.6) is 0 Å². The standard InChI is InChI=1S/C35H67N13O10/c1-6-8-26(50)45-25(16-39)31(54)42-17-27(51)43-21(9-12-36)30(53)41-18-28(52)44-24(15-19(3)4)34(57)47-22(10-13-37)32(55)46-23(11-14-38)33(56)48-29(20(5)49)35(58)40-7-2/h19-25,29,49H,6-18,36-39H2,1-5H3,(H,40,58)(H,41,53)(H,42,54)(H,43,51)(H,44,52)(H,45,50)(H,46,55)(H,47,57)(H,48,56). The van der Waals surface area contributed by atoms with Crippen LogP contribution in [0.15, 0.2) is 0 Å². The first-order valence-electron chi connectivity index (χ1n) is 19.5. The highest BCUT2D eigenvalue weighted by atomic mass is 16.3. The van der Waals surface area contributed by atoms with Crippen LogP contribution in [0.1, 0.15) is 73.1 Å². The second-order valence-electron chi connectivity index (χ2n) is 13.9. The van der Waals surface area contributed by atoms with Crippen molar-refractivity contribution in [3.8, 4) is 0 Å². The van der Waals surface area contributed by atoms with Gasteiger partial charge in [-0.1, -0.05) is 20.8 Å². The van der Waals surface area contributed by atoms with Crippen LogP contribution in [-0.2, 0) is 43.2 Å². The van der Waals surface area contributed by atoms with Crippen molar-refractivity contribution < 1.29 is 48.3 Å². The highest BCUT2D eigenvalue weighted by molar-refractivity contribution is 5.97. The van der Waals surface area contributed by atoms with E-state index in [1.807, 2.05) is 0 Å². The predicted molar refractivity (Wildman–Crippen MR) is 212 cm³/mol. The van der Waals surface area contributed by atoms with Gasteiger partial charge in [0.05, 0.1) is 19.2 Å². The molecule has 332 valence electrons. The topological polar surface area (TPSA) is 386 Å². The zero-order chi connectivity index (χ0) is 44.4. The van der Waals surface area contributed by atoms with Gasteiger partial charge < -0.3 is 75.9 Å². The van der Waals surface area contributed by atoms with Gasteiger partial charge in [0.15, 0.2) is 0 Å². The molecule has 18 N–H and O–H groups in total. The number of carbonyl (C=O) groups is 9. The molecule has 0 aliphatic carbocycles. The average Bonchev–Trinajstić information content (AvgIpc) is 3.15. The number of hydrogen-bond acceptors (Lipinski definition) is 14. The summed E-state index contributed by atoms with van der Waals surface area (Å²) in [5, 5.41) is 32.2. The minimum atomic E-state index is -1.32. The number of amides is 9. The molecule has 7 unspecified atom stereocenters. The van der Waals surface area contributed by atoms with Crippen molar-refractivity contribution in [3.63, 3.8) is 0 Å². The Morgan fingerprint density at radius 2 is 0.914 bits per heavy atom. The first kappa shape index (κ1) is 53.0. The van der Waals surface area contributed by atoms with E-state index in [0.717, 1.165) is 0 Å². The Morgan fingerprint density at radius 1 is 0.500 bits per heavy atom. The monoisotopic (exact) mass is 830 g/mol. The maximum absolute atomic E-state index is 13.5. The molecule has 23 heteroatoms. The van der Waals surface area contributed by atoms with Crippen LogP contribution in [0, 0.1) is 5.92 Å². The molecule has 0 heterocycles. The molecule has 23 nitrogen and oxygen atoms in total. The number of aliphatic hydroxyl groups is 1. The molecular weight excluding hydrogens is 762 g/mol. The van der Waals surface area contributed by atoms with Gasteiger partial charge in [0.2, 0.25) is 53.2 Å². The van der Waals surface area contributed by atoms with Crippen LogP contribution < -0.4 is 70.8 Å². The zero-order valence-corrected chi connectivity index (χ0v) is 34.2. The van der Waals surface area contributed by atoms with Crippen molar-refractivity contribution in [2.75, 3.05) is 45.8 Å². The van der Waals surface area contributed by atoms with Crippen LogP contribution in [0.2, 0.25) is 0 Å². The molecule has 0 aromatic rings. The Bertz CT molecular complexity index is 1370. The first-order valence-corrected chi connectivity index (χ1v) is 19.5. The first-order chi connectivity index (χ1) is 27.4. The van der Waals surface area contributed by atoms with E-state index in [4.69, 9.17) is 22.9 Å². The summed E-state index contributed by atoms with van der Waals surface area (Å²) < 4.78 is 0. The fourth-order valence-corrected chi connectivity index (χ4v) is 5.29. The van der Waals surface area contributed by atoms with Crippen molar-refractivity contribution in [1.82, 2.24) is 47.9 Å². The van der Waals surface area contributed by atoms with Crippen LogP contribution in [0.4, 0.5) is 0 Å². The predicted octanol–water partition coefficient (Wildman–Crippen LogP) is -6.50. The number of nitrogens with two attached hydrogens (primary N) is 4. The summed E-state index contributed by atoms with van der Waals surface area (Å²) in [7, 11) is 0. The quantitative estimate of drug-likeness (QED) is 0.0334. The van der Waals surface area contributed by atoms with Crippen molar-refractivity contribution in [3.05, 3.63) is 0 Å². The molecule has 0 aliphatic heterocycles. The molecule has 0 rings (SSSR count). The lowest BCUT2D eigenvalue weighted by molar-refractivity contribution is -0.135. The van der Waals surface area contributed by atoms with E-state index in [1.165, 1.54) is 6.92 Å². The van der Waals surface area contributed by atoms with Gasteiger partial charge in [-0.3, -0.25) is 43.2 Å². The van der Waals surface area contributed by atoms with Gasteiger partial charge >= 0.3 is 0 Å². The highest BCUT2D eigenvalue weighted by Gasteiger charge is 2.32. The molecule has 58 heavy (non-hydrogen) atoms. The summed E-state index contributed by atoms with van der Waals surface area (Å²) in [4.78, 5) is 115. The fraction of sp³-hybridized carbons (Fsp3) is 0.743. The third-order valence-electron chi connectivity index (χ3n) is 8.27. The van der Waals surface area contributed by atoms with Crippen LogP contribution in [0.25, 0.3) is 0 Å². The highest BCUT2D eigenvalue weighted by Crippen LogP contribution is 2.07. The Labute approximate surface area is 339 Å². The zero-order valence-electron chi connectivity index (χ0n) is 34.2. The van der Waals surface area contributed by atoms with E-state index in [0.29, 0.717) is 6.42 Å². The second kappa shape index (κ2) is 29.3. The summed E-state index contributed by atoms with van der Waals surface area (Å²) in [6.07, 6.45) is -0.552. The van der Waals surface area contributed by atoms with Gasteiger partial charge in [-0.2, -0.15) is 0 Å². The van der Waals surface area contributed by atoms with Crippen LogP contribution in [0.3, 0.4) is 0 Å². The van der Waals surface area contributed by atoms with Gasteiger partial charge in [-0.25, -0.2) is 0 Å². The number of nitrogens with one attached hydrogen (secondary N) is 9. The van der Waals surface area contributed by atoms with Crippen molar-refractivity contribution >= 4 is 53.2 Å². The molecule has 0 aromatic carbocycles. The van der Waals surface area contributed by atoms with Crippen LogP contribution >= 0.6 is 0 Å². The third-order valence-corrected chi connectivity index (χ3v) is 8.27. The Hall–Kier alpha value is -4.97. The Balaban J connectivity index is 5.59. The van der Waals surface area contributed by atoms with Gasteiger partial charge in [0.1, 0.15) is 36.3 Å². The van der Waals surface area contributed by atoms with E-state index < -0.39 is 103 Å². The number of aliphatic hydroxyl groups excluding tert-OH is 1. The number of likely N-dealkylation sites (N-methyl/N-ethyl adjacent to an activating group) is 1. The number of hydrogen-bond donors (Lipinski definition) is 14. The Morgan fingerprint density at radius 3 is 1.33 bits per heavy atom. The van der Waals surface area contributed by atoms with Crippen molar-refractivity contribution in [2.24, 2.45) is 28.9 Å². The maximum Gasteiger partial charge on any atom is 0.245 e. The molecule has 0 aromatic heterocycles. The lowest BCUT2D eigenvalue weighted by Gasteiger charge is -2.27. The maximum atomic E-state index is 13.5. The summed E-state index contributed by atoms with van der Waals surface area (Å²) in [6, 6.07) is -7.28. The van der Waals surface area contributed by atoms with E-state index in [-0.39, 0.29) is 76.7 Å². The lowest BCUT2D eigenvalue weighted by Crippen LogP contribution is -2.60. The molecule has 0 fully saturated rings. The van der Waals surface area contributed by atoms with Crippen LogP contribution in [-0.4, -0.2) is 146 Å². The summed E-state index contributed by atoms with van der Waals surface area (Å²) in [5.41, 5.74) is 22.6. The molecule has 0 bridgehead atoms. The van der Waals surface area contributed by atoms with E-state index in [1.54, 1.807) is 27.7 Å². The summed E-state index contributed by atoms with van der Waals surface area (Å²) in [6.45, 7) is 7.08. The minimum absolute atomic E-state index is 0.0278. The van der Waals surface area contributed by atoms with E-state index in [9.17, 15) is 48.3 Å². The van der Waals surface area contributed by atoms with Crippen molar-refractivity contribution in [1.29, 1.82) is 0 Å². The number of carbonyl (C=O) groups excluding carboxylic acids is 9. The summed E-state index contributed by atoms with van der Waals surface area (Å²) >= 11 is 0. The molecule has 0 saturated heterocycles. The molecule has 0 radical (unpaired) electrons. The van der Waals surface area contributed by atoms with Crippen molar-refractivity contribution in [2.45, 2.75) is 115 Å². The third kappa shape index (κ3) is 21.0. The van der Waals surface area contributed by atoms with Gasteiger partial charge in [-0.05, 0) is 71.5 Å². The number of rotatable bonds is 29. The average molecular weight is 830 g/mol. The molecule has 9 amide bonds. The SMILES string of the molecule is CCCC(=O)NC(CN)C(=O)NCC(=O)NC(CCN)C(=O)NCC(=O)NC(CC(C)C)C(=O)NC(CCN)C(=O)NC(CCN)C(=O)NC(C(=O)NCC)C(C)O. The lowest BCUT2D eigenvalue weighted by atomic mass is 10.0. The Kier molecular flexibility index (Phi) is 26.8. The van der Waals surface area contributed by atoms with Gasteiger partial charge in [0, 0.05) is 19.5 Å². The normalized spacial score (nSPS) is 14.5. The van der Waals surface area contributed by atoms with E-state index in [2.05, 4.69) is 47.9 Å². The molecule has 0 aliphatic rings. The second-order valence-corrected chi connectivity index (χ2v) is 13.9. The molecular formula is C35H67N13O10. The largest absolute Gasteiger partial charge is 0.391 e. The van der Waals surface area contributed by atoms with E-state index >= 15 is 0 Å².